The molecule has 1 atom stereocenters. The van der Waals surface area contributed by atoms with Gasteiger partial charge in [-0.15, -0.1) is 0 Å². The van der Waals surface area contributed by atoms with E-state index in [0.29, 0.717) is 17.3 Å². The highest BCUT2D eigenvalue weighted by Crippen LogP contribution is 2.24. The highest BCUT2D eigenvalue weighted by molar-refractivity contribution is 7.85. The van der Waals surface area contributed by atoms with E-state index in [1.807, 2.05) is 31.3 Å². The van der Waals surface area contributed by atoms with Gasteiger partial charge in [0.15, 0.2) is 0 Å². The lowest BCUT2D eigenvalue weighted by Crippen LogP contribution is -2.09. The first kappa shape index (κ1) is 18.8. The van der Waals surface area contributed by atoms with Crippen LogP contribution in [0.3, 0.4) is 0 Å². The second kappa shape index (κ2) is 8.60. The van der Waals surface area contributed by atoms with Crippen molar-refractivity contribution in [2.75, 3.05) is 5.75 Å². The van der Waals surface area contributed by atoms with Gasteiger partial charge in [-0.2, -0.15) is 0 Å². The van der Waals surface area contributed by atoms with Gasteiger partial charge in [-0.25, -0.2) is 0 Å². The molecule has 0 amide bonds. The highest BCUT2D eigenvalue weighted by atomic mass is 32.2. The van der Waals surface area contributed by atoms with E-state index in [9.17, 15) is 9.00 Å². The number of aromatic nitrogens is 1. The van der Waals surface area contributed by atoms with E-state index in [0.717, 1.165) is 22.3 Å². The molecule has 3 aromatic rings. The van der Waals surface area contributed by atoms with Crippen LogP contribution in [0.1, 0.15) is 11.1 Å². The van der Waals surface area contributed by atoms with Crippen LogP contribution in [0.15, 0.2) is 71.9 Å². The second-order valence-corrected chi connectivity index (χ2v) is 7.49. The topological polar surface area (TPSA) is 76.5 Å². The lowest BCUT2D eigenvalue weighted by Gasteiger charge is -2.10. The number of rotatable bonds is 7. The molecule has 1 N–H and O–H groups in total. The second-order valence-electron chi connectivity index (χ2n) is 6.03. The zero-order valence-corrected chi connectivity index (χ0v) is 15.6. The predicted octanol–water partition coefficient (Wildman–Crippen LogP) is 3.83. The minimum absolute atomic E-state index is 0.398. The van der Waals surface area contributed by atoms with Gasteiger partial charge in [0, 0.05) is 17.3 Å². The summed E-state index contributed by atoms with van der Waals surface area (Å²) in [6.07, 6.45) is 3.62. The first-order valence-electron chi connectivity index (χ1n) is 8.36. The average molecular weight is 381 g/mol. The fraction of sp³-hybridized carbons (Fsp3) is 0.143. The molecule has 5 nitrogen and oxygen atoms in total. The molecule has 0 spiro atoms. The third kappa shape index (κ3) is 5.01. The van der Waals surface area contributed by atoms with Gasteiger partial charge in [0.1, 0.15) is 18.1 Å². The normalized spacial score (nSPS) is 11.7. The smallest absolute Gasteiger partial charge is 0.316 e. The van der Waals surface area contributed by atoms with Crippen molar-refractivity contribution < 1.29 is 18.8 Å². The SMILES string of the molecule is Cc1cnccc1-c1cccc(COc2ccc(S(=O)CC(=O)O)cc2)c1. The van der Waals surface area contributed by atoms with Gasteiger partial charge in [0.25, 0.3) is 0 Å². The van der Waals surface area contributed by atoms with E-state index in [4.69, 9.17) is 9.84 Å². The predicted molar refractivity (Wildman–Crippen MR) is 104 cm³/mol. The van der Waals surface area contributed by atoms with Crippen molar-refractivity contribution >= 4 is 16.8 Å². The van der Waals surface area contributed by atoms with Gasteiger partial charge >= 0.3 is 5.97 Å². The largest absolute Gasteiger partial charge is 0.489 e. The standard InChI is InChI=1S/C21H19NO4S/c1-15-12-22-10-9-20(15)17-4-2-3-16(11-17)13-26-18-5-7-19(8-6-18)27(25)14-21(23)24/h2-12H,13-14H2,1H3,(H,23,24). The Morgan fingerprint density at radius 1 is 1.15 bits per heavy atom. The Morgan fingerprint density at radius 3 is 2.63 bits per heavy atom. The average Bonchev–Trinajstić information content (AvgIpc) is 2.67. The molecule has 0 bridgehead atoms. The highest BCUT2D eigenvalue weighted by Gasteiger charge is 2.09. The number of benzene rings is 2. The van der Waals surface area contributed by atoms with E-state index in [2.05, 4.69) is 17.1 Å². The Labute approximate surface area is 160 Å². The summed E-state index contributed by atoms with van der Waals surface area (Å²) in [5.74, 6) is -0.851. The van der Waals surface area contributed by atoms with Crippen LogP contribution in [0.25, 0.3) is 11.1 Å². The maximum atomic E-state index is 11.8. The molecule has 138 valence electrons. The van der Waals surface area contributed by atoms with Crippen molar-refractivity contribution in [1.29, 1.82) is 0 Å². The van der Waals surface area contributed by atoms with Crippen molar-refractivity contribution in [3.05, 3.63) is 78.1 Å². The maximum Gasteiger partial charge on any atom is 0.316 e. The maximum absolute atomic E-state index is 11.8. The Hall–Kier alpha value is -2.99. The van der Waals surface area contributed by atoms with Crippen LogP contribution in [0, 0.1) is 6.92 Å². The Morgan fingerprint density at radius 2 is 1.93 bits per heavy atom. The summed E-state index contributed by atoms with van der Waals surface area (Å²) in [5, 5.41) is 8.71. The molecule has 0 radical (unpaired) electrons. The van der Waals surface area contributed by atoms with Crippen molar-refractivity contribution in [3.8, 4) is 16.9 Å². The lowest BCUT2D eigenvalue weighted by molar-refractivity contribution is -0.133. The minimum Gasteiger partial charge on any atom is -0.489 e. The molecule has 0 aliphatic heterocycles. The molecule has 2 aromatic carbocycles. The zero-order chi connectivity index (χ0) is 19.2. The molecule has 1 aromatic heterocycles. The quantitative estimate of drug-likeness (QED) is 0.673. The molecule has 1 unspecified atom stereocenters. The molecule has 27 heavy (non-hydrogen) atoms. The van der Waals surface area contributed by atoms with Crippen LogP contribution in [0.2, 0.25) is 0 Å². The third-order valence-corrected chi connectivity index (χ3v) is 5.31. The molecular weight excluding hydrogens is 362 g/mol. The summed E-state index contributed by atoms with van der Waals surface area (Å²) in [7, 11) is -1.55. The van der Waals surface area contributed by atoms with E-state index in [1.165, 1.54) is 0 Å². The number of aliphatic carboxylic acids is 1. The van der Waals surface area contributed by atoms with Crippen LogP contribution < -0.4 is 4.74 Å². The number of aryl methyl sites for hydroxylation is 1. The number of ether oxygens (including phenoxy) is 1. The number of carbonyl (C=O) groups is 1. The van der Waals surface area contributed by atoms with E-state index in [-0.39, 0.29) is 0 Å². The summed E-state index contributed by atoms with van der Waals surface area (Å²) in [4.78, 5) is 15.2. The number of nitrogens with zero attached hydrogens (tertiary/aromatic N) is 1. The van der Waals surface area contributed by atoms with Crippen LogP contribution in [-0.4, -0.2) is 26.0 Å². The van der Waals surface area contributed by atoms with E-state index < -0.39 is 22.5 Å². The first-order valence-corrected chi connectivity index (χ1v) is 9.68. The fourth-order valence-electron chi connectivity index (χ4n) is 2.68. The van der Waals surface area contributed by atoms with E-state index in [1.54, 1.807) is 30.5 Å². The Balaban J connectivity index is 1.67. The summed E-state index contributed by atoms with van der Waals surface area (Å²) in [5.41, 5.74) is 4.38. The first-order chi connectivity index (χ1) is 13.0. The Kier molecular flexibility index (Phi) is 5.98. The van der Waals surface area contributed by atoms with Gasteiger partial charge in [-0.3, -0.25) is 14.0 Å². The van der Waals surface area contributed by atoms with Crippen molar-refractivity contribution in [2.45, 2.75) is 18.4 Å². The van der Waals surface area contributed by atoms with Crippen LogP contribution >= 0.6 is 0 Å². The molecule has 6 heteroatoms. The van der Waals surface area contributed by atoms with Gasteiger partial charge < -0.3 is 9.84 Å². The molecule has 3 rings (SSSR count). The number of carboxylic acid groups (broad SMARTS) is 1. The monoisotopic (exact) mass is 381 g/mol. The lowest BCUT2D eigenvalue weighted by atomic mass is 10.0. The van der Waals surface area contributed by atoms with Gasteiger partial charge in [0.05, 0.1) is 10.8 Å². The van der Waals surface area contributed by atoms with Gasteiger partial charge in [-0.05, 0) is 65.6 Å². The molecule has 0 saturated heterocycles. The zero-order valence-electron chi connectivity index (χ0n) is 14.8. The Bertz CT molecular complexity index is 970. The van der Waals surface area contributed by atoms with Crippen molar-refractivity contribution in [1.82, 2.24) is 4.98 Å². The molecule has 0 aliphatic rings. The van der Waals surface area contributed by atoms with Crippen LogP contribution in [0.5, 0.6) is 5.75 Å². The number of carboxylic acids is 1. The minimum atomic E-state index is -1.55. The van der Waals surface area contributed by atoms with Gasteiger partial charge in [0.2, 0.25) is 0 Å². The van der Waals surface area contributed by atoms with Gasteiger partial charge in [-0.1, -0.05) is 18.2 Å². The molecular formula is C21H19NO4S. The van der Waals surface area contributed by atoms with Crippen molar-refractivity contribution in [3.63, 3.8) is 0 Å². The number of hydrogen-bond donors (Lipinski definition) is 1. The van der Waals surface area contributed by atoms with Crippen molar-refractivity contribution in [2.24, 2.45) is 0 Å². The summed E-state index contributed by atoms with van der Waals surface area (Å²) >= 11 is 0. The fourth-order valence-corrected chi connectivity index (χ4v) is 3.51. The molecule has 0 fully saturated rings. The summed E-state index contributed by atoms with van der Waals surface area (Å²) < 4.78 is 17.6. The number of hydrogen-bond acceptors (Lipinski definition) is 4. The van der Waals surface area contributed by atoms with Crippen LogP contribution in [0.4, 0.5) is 0 Å². The molecule has 0 saturated carbocycles. The molecule has 1 heterocycles. The van der Waals surface area contributed by atoms with Crippen LogP contribution in [-0.2, 0) is 22.2 Å². The van der Waals surface area contributed by atoms with E-state index >= 15 is 0 Å². The third-order valence-electron chi connectivity index (χ3n) is 4.00. The number of pyridine rings is 1. The summed E-state index contributed by atoms with van der Waals surface area (Å²) in [6, 6.07) is 16.8. The molecule has 0 aliphatic carbocycles. The summed E-state index contributed by atoms with van der Waals surface area (Å²) in [6.45, 7) is 2.43.